The van der Waals surface area contributed by atoms with E-state index in [0.29, 0.717) is 11.4 Å². The summed E-state index contributed by atoms with van der Waals surface area (Å²) in [6, 6.07) is 12.6. The molecule has 0 fully saturated rings. The van der Waals surface area contributed by atoms with E-state index in [4.69, 9.17) is 9.84 Å². The van der Waals surface area contributed by atoms with Gasteiger partial charge in [-0.1, -0.05) is 12.1 Å². The van der Waals surface area contributed by atoms with Crippen LogP contribution in [-0.2, 0) is 11.4 Å². The van der Waals surface area contributed by atoms with Gasteiger partial charge < -0.3 is 15.2 Å². The second-order valence-corrected chi connectivity index (χ2v) is 4.46. The van der Waals surface area contributed by atoms with Crippen molar-refractivity contribution in [3.63, 3.8) is 0 Å². The number of aliphatic hydroxyl groups is 1. The molecule has 0 radical (unpaired) electrons. The van der Waals surface area contributed by atoms with E-state index in [1.165, 1.54) is 24.3 Å². The molecule has 2 N–H and O–H groups in total. The Hall–Kier alpha value is -2.40. The summed E-state index contributed by atoms with van der Waals surface area (Å²) in [6.07, 6.45) is 0.181. The van der Waals surface area contributed by atoms with Crippen LogP contribution in [0.4, 0.5) is 10.1 Å². The predicted octanol–water partition coefficient (Wildman–Crippen LogP) is 2.73. The van der Waals surface area contributed by atoms with E-state index in [2.05, 4.69) is 5.32 Å². The highest BCUT2D eigenvalue weighted by molar-refractivity contribution is 5.90. The molecule has 4 nitrogen and oxygen atoms in total. The monoisotopic (exact) mass is 289 g/mol. The molecule has 2 aromatic rings. The van der Waals surface area contributed by atoms with Crippen molar-refractivity contribution in [2.24, 2.45) is 0 Å². The Morgan fingerprint density at radius 3 is 2.67 bits per heavy atom. The third-order valence-electron chi connectivity index (χ3n) is 2.80. The quantitative estimate of drug-likeness (QED) is 0.859. The molecule has 2 aromatic carbocycles. The van der Waals surface area contributed by atoms with Crippen LogP contribution in [0.25, 0.3) is 0 Å². The molecule has 5 heteroatoms. The van der Waals surface area contributed by atoms with Crippen molar-refractivity contribution >= 4 is 11.6 Å². The number of hydrogen-bond donors (Lipinski definition) is 2. The number of halogens is 1. The van der Waals surface area contributed by atoms with Gasteiger partial charge in [0.1, 0.15) is 11.6 Å². The van der Waals surface area contributed by atoms with Gasteiger partial charge in [-0.15, -0.1) is 0 Å². The molecule has 0 saturated heterocycles. The lowest BCUT2D eigenvalue weighted by Crippen LogP contribution is -2.15. The van der Waals surface area contributed by atoms with E-state index in [1.54, 1.807) is 24.3 Å². The second kappa shape index (κ2) is 7.40. The number of aliphatic hydroxyl groups excluding tert-OH is 1. The van der Waals surface area contributed by atoms with Gasteiger partial charge in [0, 0.05) is 5.69 Å². The van der Waals surface area contributed by atoms with E-state index in [0.717, 1.165) is 5.56 Å². The number of anilines is 1. The van der Waals surface area contributed by atoms with Crippen molar-refractivity contribution in [3.8, 4) is 5.75 Å². The maximum atomic E-state index is 12.7. The van der Waals surface area contributed by atoms with Gasteiger partial charge >= 0.3 is 0 Å². The first-order valence-corrected chi connectivity index (χ1v) is 6.55. The van der Waals surface area contributed by atoms with E-state index >= 15 is 0 Å². The molecule has 0 aromatic heterocycles. The average molecular weight is 289 g/mol. The lowest BCUT2D eigenvalue weighted by molar-refractivity contribution is -0.116. The first-order valence-electron chi connectivity index (χ1n) is 6.55. The van der Waals surface area contributed by atoms with Gasteiger partial charge in [-0.2, -0.15) is 0 Å². The van der Waals surface area contributed by atoms with Crippen LogP contribution in [-0.4, -0.2) is 17.6 Å². The minimum Gasteiger partial charge on any atom is -0.493 e. The smallest absolute Gasteiger partial charge is 0.227 e. The maximum Gasteiger partial charge on any atom is 0.227 e. The Labute approximate surface area is 122 Å². The van der Waals surface area contributed by atoms with Gasteiger partial charge in [0.05, 0.1) is 19.6 Å². The van der Waals surface area contributed by atoms with Gasteiger partial charge in [-0.05, 0) is 42.0 Å². The Kier molecular flexibility index (Phi) is 5.29. The minimum absolute atomic E-state index is 0.0720. The molecule has 0 heterocycles. The van der Waals surface area contributed by atoms with Crippen molar-refractivity contribution in [1.82, 2.24) is 0 Å². The molecular formula is C16H16FNO3. The zero-order valence-electron chi connectivity index (χ0n) is 11.4. The summed E-state index contributed by atoms with van der Waals surface area (Å²) < 4.78 is 18.1. The first kappa shape index (κ1) is 15.0. The van der Waals surface area contributed by atoms with Crippen molar-refractivity contribution in [3.05, 3.63) is 59.9 Å². The lowest BCUT2D eigenvalue weighted by Gasteiger charge is -2.08. The van der Waals surface area contributed by atoms with E-state index in [9.17, 15) is 9.18 Å². The molecule has 0 unspecified atom stereocenters. The molecule has 0 spiro atoms. The average Bonchev–Trinajstić information content (AvgIpc) is 2.49. The normalized spacial score (nSPS) is 10.2. The molecule has 0 atom stereocenters. The fourth-order valence-electron chi connectivity index (χ4n) is 1.76. The number of rotatable bonds is 6. The molecule has 110 valence electrons. The fourth-order valence-corrected chi connectivity index (χ4v) is 1.76. The number of carbonyl (C=O) groups is 1. The van der Waals surface area contributed by atoms with E-state index in [-0.39, 0.29) is 31.4 Å². The summed E-state index contributed by atoms with van der Waals surface area (Å²) in [4.78, 5) is 11.7. The third kappa shape index (κ3) is 4.89. The summed E-state index contributed by atoms with van der Waals surface area (Å²) >= 11 is 0. The number of nitrogens with one attached hydrogen (secondary N) is 1. The van der Waals surface area contributed by atoms with Gasteiger partial charge in [0.15, 0.2) is 0 Å². The Balaban J connectivity index is 1.78. The number of ether oxygens (including phenoxy) is 1. The summed E-state index contributed by atoms with van der Waals surface area (Å²) in [7, 11) is 0. The molecule has 2 rings (SSSR count). The number of carbonyl (C=O) groups excluding carboxylic acids is 1. The molecule has 21 heavy (non-hydrogen) atoms. The van der Waals surface area contributed by atoms with Crippen molar-refractivity contribution in [1.29, 1.82) is 0 Å². The van der Waals surface area contributed by atoms with Crippen LogP contribution in [0.1, 0.15) is 12.0 Å². The Morgan fingerprint density at radius 2 is 1.95 bits per heavy atom. The summed E-state index contributed by atoms with van der Waals surface area (Å²) in [5.74, 6) is 0.00235. The number of amides is 1. The van der Waals surface area contributed by atoms with Crippen molar-refractivity contribution in [2.45, 2.75) is 13.0 Å². The summed E-state index contributed by atoms with van der Waals surface area (Å²) in [6.45, 7) is 0.133. The molecule has 0 aliphatic rings. The number of hydrogen-bond acceptors (Lipinski definition) is 3. The van der Waals surface area contributed by atoms with Gasteiger partial charge in [-0.25, -0.2) is 4.39 Å². The molecule has 1 amide bonds. The summed E-state index contributed by atoms with van der Waals surface area (Å²) in [5, 5.41) is 11.7. The highest BCUT2D eigenvalue weighted by atomic mass is 19.1. The van der Waals surface area contributed by atoms with Crippen LogP contribution in [0.15, 0.2) is 48.5 Å². The second-order valence-electron chi connectivity index (χ2n) is 4.46. The van der Waals surface area contributed by atoms with E-state index in [1.807, 2.05) is 0 Å². The standard InChI is InChI=1S/C16H16FNO3/c17-13-4-6-15(7-5-13)21-9-8-16(20)18-14-3-1-2-12(10-14)11-19/h1-7,10,19H,8-9,11H2,(H,18,20). The first-order chi connectivity index (χ1) is 10.2. The van der Waals surface area contributed by atoms with Crippen LogP contribution in [0.5, 0.6) is 5.75 Å². The van der Waals surface area contributed by atoms with Crippen molar-refractivity contribution < 1.29 is 19.0 Å². The van der Waals surface area contributed by atoms with Crippen LogP contribution in [0, 0.1) is 5.82 Å². The molecule has 0 aliphatic carbocycles. The van der Waals surface area contributed by atoms with Gasteiger partial charge in [0.2, 0.25) is 5.91 Å². The van der Waals surface area contributed by atoms with Crippen LogP contribution < -0.4 is 10.1 Å². The summed E-state index contributed by atoms with van der Waals surface area (Å²) in [5.41, 5.74) is 1.36. The fraction of sp³-hybridized carbons (Fsp3) is 0.188. The lowest BCUT2D eigenvalue weighted by atomic mass is 10.2. The zero-order chi connectivity index (χ0) is 15.1. The largest absolute Gasteiger partial charge is 0.493 e. The minimum atomic E-state index is -0.330. The maximum absolute atomic E-state index is 12.7. The van der Waals surface area contributed by atoms with E-state index < -0.39 is 0 Å². The van der Waals surface area contributed by atoms with Crippen LogP contribution in [0.3, 0.4) is 0 Å². The molecular weight excluding hydrogens is 273 g/mol. The van der Waals surface area contributed by atoms with Crippen molar-refractivity contribution in [2.75, 3.05) is 11.9 Å². The topological polar surface area (TPSA) is 58.6 Å². The molecule has 0 aliphatic heterocycles. The van der Waals surface area contributed by atoms with Gasteiger partial charge in [0.25, 0.3) is 0 Å². The predicted molar refractivity (Wildman–Crippen MR) is 77.5 cm³/mol. The van der Waals surface area contributed by atoms with Gasteiger partial charge in [-0.3, -0.25) is 4.79 Å². The SMILES string of the molecule is O=C(CCOc1ccc(F)cc1)Nc1cccc(CO)c1. The molecule has 0 bridgehead atoms. The highest BCUT2D eigenvalue weighted by Crippen LogP contribution is 2.13. The highest BCUT2D eigenvalue weighted by Gasteiger charge is 2.04. The van der Waals surface area contributed by atoms with Crippen LogP contribution >= 0.6 is 0 Å². The number of benzene rings is 2. The molecule has 0 saturated carbocycles. The Bertz CT molecular complexity index is 599. The Morgan fingerprint density at radius 1 is 1.19 bits per heavy atom. The third-order valence-corrected chi connectivity index (χ3v) is 2.80. The zero-order valence-corrected chi connectivity index (χ0v) is 11.4. The van der Waals surface area contributed by atoms with Crippen LogP contribution in [0.2, 0.25) is 0 Å².